The maximum absolute atomic E-state index is 11.6. The van der Waals surface area contributed by atoms with Crippen molar-refractivity contribution in [2.45, 2.75) is 5.92 Å². The minimum Gasteiger partial charge on any atom is -0.315 e. The Bertz CT molecular complexity index is 351. The molecule has 2 rings (SSSR count). The number of nitrogens with zero attached hydrogens (tertiary/aromatic N) is 1. The number of carbonyl (C=O) groups excluding carboxylic acids is 1. The van der Waals surface area contributed by atoms with Gasteiger partial charge in [-0.2, -0.15) is 0 Å². The predicted octanol–water partition coefficient (Wildman–Crippen LogP) is 1.99. The molecule has 0 saturated heterocycles. The van der Waals surface area contributed by atoms with E-state index in [4.69, 9.17) is 11.6 Å². The van der Waals surface area contributed by atoms with Gasteiger partial charge in [-0.15, -0.1) is 11.6 Å². The van der Waals surface area contributed by atoms with E-state index >= 15 is 0 Å². The molecule has 1 amide bonds. The van der Waals surface area contributed by atoms with E-state index < -0.39 is 0 Å². The molecule has 1 aliphatic heterocycles. The van der Waals surface area contributed by atoms with Crippen molar-refractivity contribution >= 4 is 23.2 Å². The van der Waals surface area contributed by atoms with Crippen LogP contribution >= 0.6 is 11.6 Å². The van der Waals surface area contributed by atoms with Crippen LogP contribution < -0.4 is 4.90 Å². The topological polar surface area (TPSA) is 20.3 Å². The first-order chi connectivity index (χ1) is 6.25. The van der Waals surface area contributed by atoms with Crippen LogP contribution in [0, 0.1) is 0 Å². The van der Waals surface area contributed by atoms with Crippen LogP contribution in [0.4, 0.5) is 5.69 Å². The minimum absolute atomic E-state index is 0.0937. The van der Waals surface area contributed by atoms with E-state index in [1.807, 2.05) is 24.3 Å². The Hall–Kier alpha value is -1.02. The molecule has 0 N–H and O–H groups in total. The SMILES string of the molecule is CN1C(=O)C(CCl)c2ccccc21. The molecule has 13 heavy (non-hydrogen) atoms. The Balaban J connectivity index is 2.53. The van der Waals surface area contributed by atoms with E-state index in [0.717, 1.165) is 11.3 Å². The van der Waals surface area contributed by atoms with E-state index in [2.05, 4.69) is 0 Å². The van der Waals surface area contributed by atoms with Crippen LogP contribution in [0.2, 0.25) is 0 Å². The highest BCUT2D eigenvalue weighted by molar-refractivity contribution is 6.21. The smallest absolute Gasteiger partial charge is 0.235 e. The maximum Gasteiger partial charge on any atom is 0.235 e. The summed E-state index contributed by atoms with van der Waals surface area (Å²) in [6.45, 7) is 0. The fourth-order valence-electron chi connectivity index (χ4n) is 1.72. The van der Waals surface area contributed by atoms with Crippen molar-refractivity contribution in [3.63, 3.8) is 0 Å². The lowest BCUT2D eigenvalue weighted by Crippen LogP contribution is -2.24. The van der Waals surface area contributed by atoms with Gasteiger partial charge in [0.15, 0.2) is 0 Å². The average molecular weight is 196 g/mol. The van der Waals surface area contributed by atoms with Gasteiger partial charge in [-0.3, -0.25) is 4.79 Å². The highest BCUT2D eigenvalue weighted by atomic mass is 35.5. The van der Waals surface area contributed by atoms with E-state index in [9.17, 15) is 4.79 Å². The zero-order chi connectivity index (χ0) is 9.42. The Morgan fingerprint density at radius 3 is 2.85 bits per heavy atom. The number of alkyl halides is 1. The molecule has 3 heteroatoms. The third-order valence-electron chi connectivity index (χ3n) is 2.46. The molecule has 2 nitrogen and oxygen atoms in total. The molecule has 1 unspecified atom stereocenters. The number of hydrogen-bond donors (Lipinski definition) is 0. The first-order valence-corrected chi connectivity index (χ1v) is 4.71. The fraction of sp³-hybridized carbons (Fsp3) is 0.300. The van der Waals surface area contributed by atoms with Crippen molar-refractivity contribution in [3.8, 4) is 0 Å². The fourth-order valence-corrected chi connectivity index (χ4v) is 2.02. The monoisotopic (exact) mass is 195 g/mol. The Labute approximate surface area is 82.1 Å². The number of benzene rings is 1. The van der Waals surface area contributed by atoms with Crippen LogP contribution in [0.15, 0.2) is 24.3 Å². The highest BCUT2D eigenvalue weighted by Crippen LogP contribution is 2.36. The lowest BCUT2D eigenvalue weighted by molar-refractivity contribution is -0.118. The summed E-state index contributed by atoms with van der Waals surface area (Å²) in [5.41, 5.74) is 2.03. The predicted molar refractivity (Wildman–Crippen MR) is 53.3 cm³/mol. The molecule has 1 atom stereocenters. The van der Waals surface area contributed by atoms with Crippen molar-refractivity contribution in [2.75, 3.05) is 17.8 Å². The van der Waals surface area contributed by atoms with Crippen LogP contribution in [0.1, 0.15) is 11.5 Å². The Kier molecular flexibility index (Phi) is 2.00. The van der Waals surface area contributed by atoms with Gasteiger partial charge < -0.3 is 4.90 Å². The number of anilines is 1. The summed E-state index contributed by atoms with van der Waals surface area (Å²) in [6.07, 6.45) is 0. The van der Waals surface area contributed by atoms with E-state index in [1.54, 1.807) is 11.9 Å². The summed E-state index contributed by atoms with van der Waals surface area (Å²) < 4.78 is 0. The molecule has 0 bridgehead atoms. The average Bonchev–Trinajstić information content (AvgIpc) is 2.41. The highest BCUT2D eigenvalue weighted by Gasteiger charge is 2.33. The number of para-hydroxylation sites is 1. The number of hydrogen-bond acceptors (Lipinski definition) is 1. The molecule has 1 aromatic carbocycles. The van der Waals surface area contributed by atoms with Crippen LogP contribution in [-0.2, 0) is 4.79 Å². The zero-order valence-electron chi connectivity index (χ0n) is 7.33. The summed E-state index contributed by atoms with van der Waals surface area (Å²) in [5.74, 6) is 0.305. The van der Waals surface area contributed by atoms with Gasteiger partial charge in [0.25, 0.3) is 0 Å². The largest absolute Gasteiger partial charge is 0.315 e. The van der Waals surface area contributed by atoms with E-state index in [0.29, 0.717) is 5.88 Å². The maximum atomic E-state index is 11.6. The van der Waals surface area contributed by atoms with Crippen molar-refractivity contribution < 1.29 is 4.79 Å². The zero-order valence-corrected chi connectivity index (χ0v) is 8.08. The van der Waals surface area contributed by atoms with Gasteiger partial charge in [0.2, 0.25) is 5.91 Å². The molecule has 1 heterocycles. The van der Waals surface area contributed by atoms with Gasteiger partial charge in [-0.05, 0) is 11.6 Å². The summed E-state index contributed by atoms with van der Waals surface area (Å²) in [7, 11) is 1.79. The van der Waals surface area contributed by atoms with Crippen LogP contribution in [-0.4, -0.2) is 18.8 Å². The van der Waals surface area contributed by atoms with Crippen LogP contribution in [0.25, 0.3) is 0 Å². The summed E-state index contributed by atoms with van der Waals surface area (Å²) in [6, 6.07) is 7.77. The van der Waals surface area contributed by atoms with Crippen LogP contribution in [0.3, 0.4) is 0 Å². The minimum atomic E-state index is -0.150. The Morgan fingerprint density at radius 2 is 2.15 bits per heavy atom. The molecule has 68 valence electrons. The quantitative estimate of drug-likeness (QED) is 0.628. The van der Waals surface area contributed by atoms with E-state index in [1.165, 1.54) is 0 Å². The Morgan fingerprint density at radius 1 is 1.46 bits per heavy atom. The second kappa shape index (κ2) is 3.04. The number of carbonyl (C=O) groups is 1. The third kappa shape index (κ3) is 1.13. The molecule has 0 aliphatic carbocycles. The first kappa shape index (κ1) is 8.57. The van der Waals surface area contributed by atoms with Gasteiger partial charge in [-0.25, -0.2) is 0 Å². The van der Waals surface area contributed by atoms with Gasteiger partial charge in [0.1, 0.15) is 0 Å². The summed E-state index contributed by atoms with van der Waals surface area (Å²) in [5, 5.41) is 0. The standard InChI is InChI=1S/C10H10ClNO/c1-12-9-5-3-2-4-7(9)8(6-11)10(12)13/h2-5,8H,6H2,1H3. The number of amides is 1. The number of halogens is 1. The molecule has 1 aromatic rings. The van der Waals surface area contributed by atoms with Gasteiger partial charge in [0.05, 0.1) is 5.92 Å². The lowest BCUT2D eigenvalue weighted by atomic mass is 10.0. The van der Waals surface area contributed by atoms with Crippen LogP contribution in [0.5, 0.6) is 0 Å². The first-order valence-electron chi connectivity index (χ1n) is 4.18. The van der Waals surface area contributed by atoms with Crippen molar-refractivity contribution in [3.05, 3.63) is 29.8 Å². The molecular formula is C10H10ClNO. The second-order valence-corrected chi connectivity index (χ2v) is 3.47. The number of fused-ring (bicyclic) bond motifs is 1. The lowest BCUT2D eigenvalue weighted by Gasteiger charge is -2.09. The van der Waals surface area contributed by atoms with Crippen molar-refractivity contribution in [1.82, 2.24) is 0 Å². The molecule has 0 spiro atoms. The molecule has 1 aliphatic rings. The summed E-state index contributed by atoms with van der Waals surface area (Å²) in [4.78, 5) is 13.3. The number of likely N-dealkylation sites (N-methyl/N-ethyl adjacent to an activating group) is 1. The number of rotatable bonds is 1. The molecule has 0 fully saturated rings. The van der Waals surface area contributed by atoms with E-state index in [-0.39, 0.29) is 11.8 Å². The van der Waals surface area contributed by atoms with Gasteiger partial charge in [0, 0.05) is 18.6 Å². The van der Waals surface area contributed by atoms with Gasteiger partial charge in [-0.1, -0.05) is 18.2 Å². The molecule has 0 radical (unpaired) electrons. The third-order valence-corrected chi connectivity index (χ3v) is 2.77. The molecular weight excluding hydrogens is 186 g/mol. The van der Waals surface area contributed by atoms with Gasteiger partial charge >= 0.3 is 0 Å². The normalized spacial score (nSPS) is 20.6. The molecule has 0 saturated carbocycles. The molecule has 0 aromatic heterocycles. The summed E-state index contributed by atoms with van der Waals surface area (Å²) >= 11 is 5.75. The van der Waals surface area contributed by atoms with Crippen molar-refractivity contribution in [1.29, 1.82) is 0 Å². The van der Waals surface area contributed by atoms with Crippen molar-refractivity contribution in [2.24, 2.45) is 0 Å². The second-order valence-electron chi connectivity index (χ2n) is 3.16.